The van der Waals surface area contributed by atoms with Crippen LogP contribution in [0.3, 0.4) is 0 Å². The molecule has 3 rings (SSSR count). The van der Waals surface area contributed by atoms with E-state index in [2.05, 4.69) is 15.3 Å². The van der Waals surface area contributed by atoms with Crippen molar-refractivity contribution >= 4 is 12.1 Å². The number of hydrazone groups is 1. The van der Waals surface area contributed by atoms with E-state index in [0.717, 1.165) is 0 Å². The second-order valence-electron chi connectivity index (χ2n) is 7.28. The van der Waals surface area contributed by atoms with Crippen LogP contribution in [-0.4, -0.2) is 37.8 Å². The van der Waals surface area contributed by atoms with Crippen LogP contribution in [0.1, 0.15) is 27.0 Å². The van der Waals surface area contributed by atoms with Crippen molar-refractivity contribution in [3.8, 4) is 34.8 Å². The number of nitrogens with one attached hydrogen (secondary N) is 1. The number of carbonyl (C=O) groups excluding carboxylic acids is 1. The molecule has 0 fully saturated rings. The van der Waals surface area contributed by atoms with E-state index in [0.29, 0.717) is 11.1 Å². The number of phenols is 1. The van der Waals surface area contributed by atoms with Gasteiger partial charge >= 0.3 is 6.36 Å². The Bertz CT molecular complexity index is 1310. The van der Waals surface area contributed by atoms with Gasteiger partial charge in [-0.15, -0.1) is 13.2 Å². The average molecular weight is 515 g/mol. The summed E-state index contributed by atoms with van der Waals surface area (Å²) in [6.07, 6.45) is -3.45. The minimum absolute atomic E-state index is 0.000172. The highest BCUT2D eigenvalue weighted by atomic mass is 19.4. The van der Waals surface area contributed by atoms with Crippen LogP contribution in [0.15, 0.2) is 59.7 Å². The van der Waals surface area contributed by atoms with Crippen LogP contribution in [0.5, 0.6) is 28.7 Å². The Morgan fingerprint density at radius 2 is 1.73 bits per heavy atom. The number of amides is 1. The fourth-order valence-corrected chi connectivity index (χ4v) is 3.06. The van der Waals surface area contributed by atoms with Crippen LogP contribution < -0.4 is 24.4 Å². The molecule has 37 heavy (non-hydrogen) atoms. The molecule has 3 aromatic carbocycles. The summed E-state index contributed by atoms with van der Waals surface area (Å²) in [6, 6.07) is 13.9. The summed E-state index contributed by atoms with van der Waals surface area (Å²) in [5.74, 6) is -0.384. The van der Waals surface area contributed by atoms with Crippen LogP contribution in [0.4, 0.5) is 13.2 Å². The van der Waals surface area contributed by atoms with Crippen molar-refractivity contribution in [2.75, 3.05) is 14.2 Å². The van der Waals surface area contributed by atoms with E-state index in [9.17, 15) is 23.1 Å². The molecule has 12 heteroatoms. The number of nitrogens with zero attached hydrogens (tertiary/aromatic N) is 2. The Morgan fingerprint density at radius 1 is 1.08 bits per heavy atom. The van der Waals surface area contributed by atoms with Gasteiger partial charge in [0, 0.05) is 11.1 Å². The normalized spacial score (nSPS) is 11.0. The van der Waals surface area contributed by atoms with Gasteiger partial charge < -0.3 is 24.1 Å². The number of carbonyl (C=O) groups is 1. The molecule has 0 aliphatic rings. The summed E-state index contributed by atoms with van der Waals surface area (Å²) in [5.41, 5.74) is 3.45. The number of hydrogen-bond acceptors (Lipinski definition) is 8. The van der Waals surface area contributed by atoms with E-state index in [4.69, 9.17) is 19.5 Å². The molecule has 3 aromatic rings. The summed E-state index contributed by atoms with van der Waals surface area (Å²) in [5, 5.41) is 22.4. The first-order chi connectivity index (χ1) is 17.6. The predicted octanol–water partition coefficient (Wildman–Crippen LogP) is 4.52. The quantitative estimate of drug-likeness (QED) is 0.317. The zero-order chi connectivity index (χ0) is 27.0. The third-order valence-corrected chi connectivity index (χ3v) is 4.78. The number of halogens is 3. The zero-order valence-corrected chi connectivity index (χ0v) is 19.5. The molecule has 0 bridgehead atoms. The van der Waals surface area contributed by atoms with Crippen LogP contribution in [0.25, 0.3) is 0 Å². The van der Waals surface area contributed by atoms with Crippen molar-refractivity contribution in [2.45, 2.75) is 13.0 Å². The fourth-order valence-electron chi connectivity index (χ4n) is 3.06. The molecule has 0 saturated carbocycles. The molecule has 0 saturated heterocycles. The molecule has 2 N–H and O–H groups in total. The Balaban J connectivity index is 1.70. The summed E-state index contributed by atoms with van der Waals surface area (Å²) >= 11 is 0. The van der Waals surface area contributed by atoms with E-state index in [-0.39, 0.29) is 46.5 Å². The Labute approximate surface area is 209 Å². The Hall–Kier alpha value is -4.92. The maximum Gasteiger partial charge on any atom is 0.573 e. The Morgan fingerprint density at radius 3 is 2.30 bits per heavy atom. The van der Waals surface area contributed by atoms with E-state index >= 15 is 0 Å². The zero-order valence-electron chi connectivity index (χ0n) is 19.5. The third-order valence-electron chi connectivity index (χ3n) is 4.78. The summed E-state index contributed by atoms with van der Waals surface area (Å²) in [4.78, 5) is 12.3. The van der Waals surface area contributed by atoms with Gasteiger partial charge in [-0.2, -0.15) is 10.4 Å². The second-order valence-corrected chi connectivity index (χ2v) is 7.28. The first kappa shape index (κ1) is 26.7. The number of nitriles is 1. The molecule has 0 unspecified atom stereocenters. The third kappa shape index (κ3) is 7.28. The van der Waals surface area contributed by atoms with Crippen LogP contribution in [0.2, 0.25) is 0 Å². The minimum atomic E-state index is -4.78. The summed E-state index contributed by atoms with van der Waals surface area (Å²) in [6.45, 7) is -0.000172. The molecule has 0 aliphatic heterocycles. The largest absolute Gasteiger partial charge is 0.573 e. The number of hydrogen-bond donors (Lipinski definition) is 2. The fraction of sp³-hybridized carbons (Fsp3) is 0.160. The van der Waals surface area contributed by atoms with Crippen molar-refractivity contribution in [1.82, 2.24) is 5.43 Å². The molecule has 1 amide bonds. The number of methoxy groups -OCH3 is 2. The number of phenolic OH excluding ortho intramolecular Hbond substituents is 1. The van der Waals surface area contributed by atoms with E-state index in [1.165, 1.54) is 62.9 Å². The highest BCUT2D eigenvalue weighted by molar-refractivity contribution is 5.95. The van der Waals surface area contributed by atoms with Gasteiger partial charge in [-0.1, -0.05) is 12.1 Å². The topological polar surface area (TPSA) is 122 Å². The maximum atomic E-state index is 12.3. The molecule has 0 aliphatic carbocycles. The van der Waals surface area contributed by atoms with Gasteiger partial charge in [-0.25, -0.2) is 5.43 Å². The van der Waals surface area contributed by atoms with E-state index < -0.39 is 12.3 Å². The van der Waals surface area contributed by atoms with Crippen LogP contribution in [-0.2, 0) is 6.61 Å². The number of rotatable bonds is 9. The van der Waals surface area contributed by atoms with Crippen LogP contribution in [0, 0.1) is 11.3 Å². The lowest BCUT2D eigenvalue weighted by Crippen LogP contribution is -2.17. The lowest BCUT2D eigenvalue weighted by molar-refractivity contribution is -0.274. The first-order valence-corrected chi connectivity index (χ1v) is 10.4. The smallest absolute Gasteiger partial charge is 0.507 e. The molecular weight excluding hydrogens is 495 g/mol. The van der Waals surface area contributed by atoms with Gasteiger partial charge in [0.2, 0.25) is 5.75 Å². The highest BCUT2D eigenvalue weighted by Gasteiger charge is 2.31. The summed E-state index contributed by atoms with van der Waals surface area (Å²) < 4.78 is 57.4. The molecule has 0 aromatic heterocycles. The van der Waals surface area contributed by atoms with Crippen LogP contribution >= 0.6 is 0 Å². The van der Waals surface area contributed by atoms with Gasteiger partial charge in [-0.3, -0.25) is 4.79 Å². The van der Waals surface area contributed by atoms with Gasteiger partial charge in [0.15, 0.2) is 11.5 Å². The van der Waals surface area contributed by atoms with Crippen molar-refractivity contribution in [3.63, 3.8) is 0 Å². The van der Waals surface area contributed by atoms with Gasteiger partial charge in [-0.05, 0) is 48.0 Å². The number of ether oxygens (including phenoxy) is 4. The van der Waals surface area contributed by atoms with E-state index in [1.807, 2.05) is 0 Å². The van der Waals surface area contributed by atoms with Gasteiger partial charge in [0.1, 0.15) is 24.2 Å². The monoisotopic (exact) mass is 515 g/mol. The SMILES string of the molecule is COc1cc(/C=N/NC(=O)c2ccc(O)c(C#N)c2)cc(OC)c1OCc1ccc(OC(F)(F)F)cc1. The van der Waals surface area contributed by atoms with Gasteiger partial charge in [0.05, 0.1) is 26.0 Å². The summed E-state index contributed by atoms with van der Waals surface area (Å²) in [7, 11) is 2.82. The number of benzene rings is 3. The molecule has 192 valence electrons. The molecule has 9 nitrogen and oxygen atoms in total. The molecule has 0 heterocycles. The maximum absolute atomic E-state index is 12.3. The van der Waals surface area contributed by atoms with Crippen molar-refractivity contribution < 1.29 is 42.0 Å². The highest BCUT2D eigenvalue weighted by Crippen LogP contribution is 2.39. The minimum Gasteiger partial charge on any atom is -0.507 e. The van der Waals surface area contributed by atoms with E-state index in [1.54, 1.807) is 18.2 Å². The molecule has 0 spiro atoms. The molecule has 0 atom stereocenters. The van der Waals surface area contributed by atoms with Crippen molar-refractivity contribution in [1.29, 1.82) is 5.26 Å². The first-order valence-electron chi connectivity index (χ1n) is 10.4. The van der Waals surface area contributed by atoms with Crippen molar-refractivity contribution in [2.24, 2.45) is 5.10 Å². The predicted molar refractivity (Wildman–Crippen MR) is 125 cm³/mol. The van der Waals surface area contributed by atoms with Crippen molar-refractivity contribution in [3.05, 3.63) is 76.9 Å². The lowest BCUT2D eigenvalue weighted by atomic mass is 10.1. The standard InChI is InChI=1S/C25H20F3N3O6/c1-34-21-9-16(13-30-31-24(33)17-5-8-20(32)18(11-17)12-29)10-22(35-2)23(21)36-14-15-3-6-19(7-4-15)37-25(26,27)28/h3-11,13,32H,14H2,1-2H3,(H,31,33)/b30-13+. The number of aromatic hydroxyl groups is 1. The Kier molecular flexibility index (Phi) is 8.42. The lowest BCUT2D eigenvalue weighted by Gasteiger charge is -2.15. The molecule has 0 radical (unpaired) electrons. The van der Waals surface area contributed by atoms with Gasteiger partial charge in [0.25, 0.3) is 5.91 Å². The second kappa shape index (κ2) is 11.7. The average Bonchev–Trinajstić information content (AvgIpc) is 2.87. The number of alkyl halides is 3. The molecular formula is C25H20F3N3O6.